The van der Waals surface area contributed by atoms with E-state index in [0.29, 0.717) is 22.1 Å². The maximum absolute atomic E-state index is 12.8. The van der Waals surface area contributed by atoms with Crippen molar-refractivity contribution in [1.29, 1.82) is 0 Å². The van der Waals surface area contributed by atoms with Gasteiger partial charge in [0.05, 0.1) is 17.0 Å². The fraction of sp³-hybridized carbons (Fsp3) is 0.200. The number of benzene rings is 2. The van der Waals surface area contributed by atoms with E-state index in [9.17, 15) is 13.5 Å². The molecule has 2 atom stereocenters. The smallest absolute Gasteiger partial charge is 0.243 e. The molecule has 0 saturated heterocycles. The minimum Gasteiger partial charge on any atom is -0.461 e. The van der Waals surface area contributed by atoms with Gasteiger partial charge in [-0.1, -0.05) is 41.9 Å². The summed E-state index contributed by atoms with van der Waals surface area (Å²) in [5, 5.41) is 11.4. The lowest BCUT2D eigenvalue weighted by Crippen LogP contribution is -2.46. The van der Waals surface area contributed by atoms with Crippen LogP contribution in [-0.4, -0.2) is 30.9 Å². The van der Waals surface area contributed by atoms with Crippen LogP contribution in [0.5, 0.6) is 0 Å². The molecule has 140 valence electrons. The van der Waals surface area contributed by atoms with E-state index in [0.717, 1.165) is 5.56 Å². The third kappa shape index (κ3) is 3.19. The van der Waals surface area contributed by atoms with E-state index in [1.54, 1.807) is 36.4 Å². The van der Waals surface area contributed by atoms with Gasteiger partial charge in [-0.2, -0.15) is 4.31 Å². The lowest BCUT2D eigenvalue weighted by Gasteiger charge is -2.36. The van der Waals surface area contributed by atoms with Crippen LogP contribution in [0.1, 0.15) is 17.4 Å². The Morgan fingerprint density at radius 3 is 2.67 bits per heavy atom. The number of rotatable bonds is 3. The van der Waals surface area contributed by atoms with Crippen LogP contribution >= 0.6 is 11.6 Å². The van der Waals surface area contributed by atoms with Crippen molar-refractivity contribution in [1.82, 2.24) is 4.31 Å². The number of sulfonamides is 1. The number of aliphatic hydroxyl groups excluding tert-OH is 1. The number of fused-ring (bicyclic) bond motifs is 1. The van der Waals surface area contributed by atoms with Crippen LogP contribution in [-0.2, 0) is 16.4 Å². The number of hydrogen-bond acceptors (Lipinski definition) is 4. The van der Waals surface area contributed by atoms with E-state index in [-0.39, 0.29) is 11.3 Å². The summed E-state index contributed by atoms with van der Waals surface area (Å²) in [6.07, 6.45) is -0.680. The van der Waals surface area contributed by atoms with E-state index in [2.05, 4.69) is 0 Å². The number of hydrogen-bond donors (Lipinski definition) is 1. The van der Waals surface area contributed by atoms with Gasteiger partial charge in [0.15, 0.2) is 0 Å². The number of furan rings is 1. The van der Waals surface area contributed by atoms with Gasteiger partial charge in [-0.05, 0) is 30.3 Å². The van der Waals surface area contributed by atoms with Crippen molar-refractivity contribution < 1.29 is 17.9 Å². The second-order valence-corrected chi connectivity index (χ2v) is 8.95. The highest BCUT2D eigenvalue weighted by Gasteiger charge is 2.41. The molecule has 0 fully saturated rings. The van der Waals surface area contributed by atoms with E-state index >= 15 is 0 Å². The van der Waals surface area contributed by atoms with Crippen molar-refractivity contribution in [2.45, 2.75) is 23.5 Å². The first kappa shape index (κ1) is 18.3. The maximum Gasteiger partial charge on any atom is 0.243 e. The molecule has 0 bridgehead atoms. The molecule has 5 nitrogen and oxygen atoms in total. The predicted octanol–water partition coefficient (Wildman–Crippen LogP) is 3.88. The van der Waals surface area contributed by atoms with Crippen molar-refractivity contribution in [3.63, 3.8) is 0 Å². The third-order valence-corrected chi connectivity index (χ3v) is 7.10. The Morgan fingerprint density at radius 2 is 1.89 bits per heavy atom. The average Bonchev–Trinajstić information content (AvgIpc) is 3.13. The quantitative estimate of drug-likeness (QED) is 0.720. The molecular formula is C20H18ClNO4S. The van der Waals surface area contributed by atoms with Gasteiger partial charge in [0, 0.05) is 29.6 Å². The Kier molecular flexibility index (Phi) is 4.60. The summed E-state index contributed by atoms with van der Waals surface area (Å²) in [7, 11) is -2.17. The normalized spacial score (nSPS) is 21.7. The van der Waals surface area contributed by atoms with Crippen LogP contribution in [0.15, 0.2) is 70.0 Å². The lowest BCUT2D eigenvalue weighted by molar-refractivity contribution is 0.0864. The first-order valence-electron chi connectivity index (χ1n) is 8.47. The summed E-state index contributed by atoms with van der Waals surface area (Å²) in [5.74, 6) is 1.24. The van der Waals surface area contributed by atoms with Gasteiger partial charge >= 0.3 is 0 Å². The SMILES string of the molecule is CN1C(Cc2ccc(-c3cccc(Cl)c3)o2)C(O)c2ccccc2S1(=O)=O. The molecule has 27 heavy (non-hydrogen) atoms. The standard InChI is InChI=1S/C20H18ClNO4S/c1-22-17(20(23)16-7-2-3-8-19(16)27(22,24)25)12-15-9-10-18(26-15)13-5-4-6-14(21)11-13/h2-11,17,20,23H,12H2,1H3. The molecule has 1 aliphatic heterocycles. The van der Waals surface area contributed by atoms with Crippen molar-refractivity contribution >= 4 is 21.6 Å². The molecule has 0 spiro atoms. The van der Waals surface area contributed by atoms with Crippen molar-refractivity contribution in [2.75, 3.05) is 7.05 Å². The molecule has 0 saturated carbocycles. The topological polar surface area (TPSA) is 70.8 Å². The molecule has 0 amide bonds. The molecule has 1 aromatic heterocycles. The van der Waals surface area contributed by atoms with E-state index in [1.807, 2.05) is 18.2 Å². The zero-order chi connectivity index (χ0) is 19.2. The third-order valence-electron chi connectivity index (χ3n) is 4.91. The molecule has 4 rings (SSSR count). The molecule has 2 heterocycles. The summed E-state index contributed by atoms with van der Waals surface area (Å²) in [5.41, 5.74) is 1.26. The number of halogens is 1. The monoisotopic (exact) mass is 403 g/mol. The van der Waals surface area contributed by atoms with Gasteiger partial charge < -0.3 is 9.52 Å². The Balaban J connectivity index is 1.65. The van der Waals surface area contributed by atoms with E-state index in [1.165, 1.54) is 17.4 Å². The molecule has 2 unspecified atom stereocenters. The van der Waals surface area contributed by atoms with Gasteiger partial charge in [-0.15, -0.1) is 0 Å². The van der Waals surface area contributed by atoms with Crippen molar-refractivity contribution in [3.8, 4) is 11.3 Å². The minimum atomic E-state index is -3.66. The van der Waals surface area contributed by atoms with Gasteiger partial charge in [-0.25, -0.2) is 8.42 Å². The van der Waals surface area contributed by atoms with Gasteiger partial charge in [0.1, 0.15) is 11.5 Å². The van der Waals surface area contributed by atoms with E-state index in [4.69, 9.17) is 16.0 Å². The number of aliphatic hydroxyl groups is 1. The Morgan fingerprint density at radius 1 is 1.11 bits per heavy atom. The summed E-state index contributed by atoms with van der Waals surface area (Å²) >= 11 is 6.03. The second-order valence-electron chi connectivity index (χ2n) is 6.55. The number of nitrogens with zero attached hydrogens (tertiary/aromatic N) is 1. The molecule has 1 N–H and O–H groups in total. The van der Waals surface area contributed by atoms with Crippen molar-refractivity contribution in [2.24, 2.45) is 0 Å². The largest absolute Gasteiger partial charge is 0.461 e. The van der Waals surface area contributed by atoms with Gasteiger partial charge in [-0.3, -0.25) is 0 Å². The minimum absolute atomic E-state index is 0.148. The second kappa shape index (κ2) is 6.80. The summed E-state index contributed by atoms with van der Waals surface area (Å²) < 4.78 is 32.7. The lowest BCUT2D eigenvalue weighted by atomic mass is 9.98. The fourth-order valence-electron chi connectivity index (χ4n) is 3.43. The molecule has 7 heteroatoms. The summed E-state index contributed by atoms with van der Waals surface area (Å²) in [6, 6.07) is 16.8. The van der Waals surface area contributed by atoms with Crippen LogP contribution in [0.25, 0.3) is 11.3 Å². The van der Waals surface area contributed by atoms with Crippen LogP contribution in [0.4, 0.5) is 0 Å². The molecular weight excluding hydrogens is 386 g/mol. The zero-order valence-corrected chi connectivity index (χ0v) is 16.1. The Hall–Kier alpha value is -2.12. The zero-order valence-electron chi connectivity index (χ0n) is 14.5. The first-order chi connectivity index (χ1) is 12.9. The van der Waals surface area contributed by atoms with Gasteiger partial charge in [0.2, 0.25) is 10.0 Å². The summed E-state index contributed by atoms with van der Waals surface area (Å²) in [6.45, 7) is 0. The molecule has 0 aliphatic carbocycles. The Bertz CT molecular complexity index is 1090. The number of likely N-dealkylation sites (N-methyl/N-ethyl adjacent to an activating group) is 1. The first-order valence-corrected chi connectivity index (χ1v) is 10.3. The highest BCUT2D eigenvalue weighted by atomic mass is 35.5. The summed E-state index contributed by atoms with van der Waals surface area (Å²) in [4.78, 5) is 0.148. The molecule has 0 radical (unpaired) electrons. The van der Waals surface area contributed by atoms with E-state index < -0.39 is 22.2 Å². The van der Waals surface area contributed by atoms with Crippen LogP contribution in [0.3, 0.4) is 0 Å². The Labute approximate surface area is 162 Å². The molecule has 3 aromatic rings. The highest BCUT2D eigenvalue weighted by molar-refractivity contribution is 7.89. The van der Waals surface area contributed by atoms with Gasteiger partial charge in [0.25, 0.3) is 0 Å². The fourth-order valence-corrected chi connectivity index (χ4v) is 5.21. The van der Waals surface area contributed by atoms with Crippen LogP contribution in [0.2, 0.25) is 5.02 Å². The van der Waals surface area contributed by atoms with Crippen LogP contribution < -0.4 is 0 Å². The van der Waals surface area contributed by atoms with Crippen LogP contribution in [0, 0.1) is 0 Å². The highest BCUT2D eigenvalue weighted by Crippen LogP contribution is 2.37. The molecule has 1 aliphatic rings. The average molecular weight is 404 g/mol. The maximum atomic E-state index is 12.8. The van der Waals surface area contributed by atoms with Crippen molar-refractivity contribution in [3.05, 3.63) is 77.0 Å². The predicted molar refractivity (Wildman–Crippen MR) is 103 cm³/mol. The molecule has 2 aromatic carbocycles.